The Morgan fingerprint density at radius 2 is 2.05 bits per heavy atom. The molecular weight excluding hydrogens is 266 g/mol. The number of amides is 1. The molecule has 1 unspecified atom stereocenters. The van der Waals surface area contributed by atoms with Crippen molar-refractivity contribution in [3.05, 3.63) is 35.9 Å². The van der Waals surface area contributed by atoms with Gasteiger partial charge in [0.05, 0.1) is 6.61 Å². The first-order valence-corrected chi connectivity index (χ1v) is 7.06. The van der Waals surface area contributed by atoms with Gasteiger partial charge >= 0.3 is 12.1 Å². The number of thioether (sulfide) groups is 1. The molecule has 6 heteroatoms. The molecule has 1 aromatic carbocycles. The van der Waals surface area contributed by atoms with Crippen molar-refractivity contribution in [3.63, 3.8) is 0 Å². The van der Waals surface area contributed by atoms with Crippen molar-refractivity contribution >= 4 is 23.8 Å². The van der Waals surface area contributed by atoms with Gasteiger partial charge in [-0.3, -0.25) is 0 Å². The van der Waals surface area contributed by atoms with E-state index in [1.165, 1.54) is 11.8 Å². The highest BCUT2D eigenvalue weighted by Crippen LogP contribution is 2.13. The SMILES string of the molecule is CCOC(=O)NC(CSCc1ccccc1)C(=O)O. The zero-order valence-electron chi connectivity index (χ0n) is 10.7. The Kier molecular flexibility index (Phi) is 6.81. The fraction of sp³-hybridized carbons (Fsp3) is 0.385. The molecule has 0 aromatic heterocycles. The molecule has 2 N–H and O–H groups in total. The Morgan fingerprint density at radius 1 is 1.37 bits per heavy atom. The Morgan fingerprint density at radius 3 is 2.63 bits per heavy atom. The summed E-state index contributed by atoms with van der Waals surface area (Å²) in [7, 11) is 0. The number of rotatable bonds is 7. The maximum Gasteiger partial charge on any atom is 0.407 e. The van der Waals surface area contributed by atoms with Crippen molar-refractivity contribution in [2.75, 3.05) is 12.4 Å². The Balaban J connectivity index is 2.38. The molecule has 0 radical (unpaired) electrons. The maximum atomic E-state index is 11.2. The quantitative estimate of drug-likeness (QED) is 0.801. The molecule has 1 rings (SSSR count). The summed E-state index contributed by atoms with van der Waals surface area (Å²) >= 11 is 1.45. The lowest BCUT2D eigenvalue weighted by atomic mass is 10.2. The summed E-state index contributed by atoms with van der Waals surface area (Å²) in [6.45, 7) is 1.88. The van der Waals surface area contributed by atoms with Crippen LogP contribution >= 0.6 is 11.8 Å². The van der Waals surface area contributed by atoms with E-state index in [9.17, 15) is 9.59 Å². The van der Waals surface area contributed by atoms with Crippen LogP contribution in [0.1, 0.15) is 12.5 Å². The van der Waals surface area contributed by atoms with Crippen LogP contribution in [0.25, 0.3) is 0 Å². The molecule has 19 heavy (non-hydrogen) atoms. The lowest BCUT2D eigenvalue weighted by Gasteiger charge is -2.13. The zero-order chi connectivity index (χ0) is 14.1. The third-order valence-corrected chi connectivity index (χ3v) is 3.37. The average Bonchev–Trinajstić information content (AvgIpc) is 2.39. The molecule has 1 aromatic rings. The highest BCUT2D eigenvalue weighted by atomic mass is 32.2. The van der Waals surface area contributed by atoms with Gasteiger partial charge < -0.3 is 15.2 Å². The van der Waals surface area contributed by atoms with Gasteiger partial charge in [-0.1, -0.05) is 30.3 Å². The molecule has 0 aliphatic heterocycles. The molecule has 104 valence electrons. The zero-order valence-corrected chi connectivity index (χ0v) is 11.5. The average molecular weight is 283 g/mol. The minimum Gasteiger partial charge on any atom is -0.480 e. The van der Waals surface area contributed by atoms with E-state index in [2.05, 4.69) is 10.1 Å². The second-order valence-corrected chi connectivity index (χ2v) is 4.79. The summed E-state index contributed by atoms with van der Waals surface area (Å²) in [4.78, 5) is 22.2. The number of hydrogen-bond donors (Lipinski definition) is 2. The molecular formula is C13H17NO4S. The molecule has 1 atom stereocenters. The van der Waals surface area contributed by atoms with Crippen LogP contribution < -0.4 is 5.32 Å². The lowest BCUT2D eigenvalue weighted by molar-refractivity contribution is -0.138. The monoisotopic (exact) mass is 283 g/mol. The first kappa shape index (κ1) is 15.4. The number of carboxylic acid groups (broad SMARTS) is 1. The van der Waals surface area contributed by atoms with Gasteiger partial charge in [0.25, 0.3) is 0 Å². The van der Waals surface area contributed by atoms with Crippen molar-refractivity contribution in [2.45, 2.75) is 18.7 Å². The van der Waals surface area contributed by atoms with Gasteiger partial charge in [0.15, 0.2) is 0 Å². The van der Waals surface area contributed by atoms with Crippen LogP contribution in [0.5, 0.6) is 0 Å². The minimum atomic E-state index is -1.06. The summed E-state index contributed by atoms with van der Waals surface area (Å²) in [6, 6.07) is 8.80. The van der Waals surface area contributed by atoms with Gasteiger partial charge in [-0.25, -0.2) is 9.59 Å². The predicted octanol–water partition coefficient (Wildman–Crippen LogP) is 2.12. The number of alkyl carbamates (subject to hydrolysis) is 1. The van der Waals surface area contributed by atoms with Crippen molar-refractivity contribution < 1.29 is 19.4 Å². The highest BCUT2D eigenvalue weighted by Gasteiger charge is 2.20. The van der Waals surface area contributed by atoms with Gasteiger partial charge in [-0.05, 0) is 12.5 Å². The van der Waals surface area contributed by atoms with Crippen LogP contribution in [0, 0.1) is 0 Å². The Bertz CT molecular complexity index is 410. The van der Waals surface area contributed by atoms with E-state index in [-0.39, 0.29) is 6.61 Å². The Labute approximate surface area is 116 Å². The second-order valence-electron chi connectivity index (χ2n) is 3.76. The van der Waals surface area contributed by atoms with E-state index in [1.54, 1.807) is 6.92 Å². The highest BCUT2D eigenvalue weighted by molar-refractivity contribution is 7.98. The van der Waals surface area contributed by atoms with Gasteiger partial charge in [-0.2, -0.15) is 11.8 Å². The summed E-state index contributed by atoms with van der Waals surface area (Å²) in [5.74, 6) is -0.0633. The summed E-state index contributed by atoms with van der Waals surface area (Å²) in [5, 5.41) is 11.3. The van der Waals surface area contributed by atoms with Crippen molar-refractivity contribution in [1.82, 2.24) is 5.32 Å². The first-order chi connectivity index (χ1) is 9.13. The molecule has 5 nitrogen and oxygen atoms in total. The van der Waals surface area contributed by atoms with Gasteiger partial charge in [0.2, 0.25) is 0 Å². The van der Waals surface area contributed by atoms with Crippen molar-refractivity contribution in [1.29, 1.82) is 0 Å². The van der Waals surface area contributed by atoms with E-state index in [1.807, 2.05) is 30.3 Å². The van der Waals surface area contributed by atoms with Gasteiger partial charge in [0.1, 0.15) is 6.04 Å². The number of carbonyl (C=O) groups is 2. The number of hydrogen-bond acceptors (Lipinski definition) is 4. The van der Waals surface area contributed by atoms with E-state index >= 15 is 0 Å². The van der Waals surface area contributed by atoms with Crippen molar-refractivity contribution in [2.24, 2.45) is 0 Å². The smallest absolute Gasteiger partial charge is 0.407 e. The van der Waals surface area contributed by atoms with Crippen LogP contribution in [-0.2, 0) is 15.3 Å². The normalized spacial score (nSPS) is 11.6. The van der Waals surface area contributed by atoms with Crippen molar-refractivity contribution in [3.8, 4) is 0 Å². The number of ether oxygens (including phenoxy) is 1. The largest absolute Gasteiger partial charge is 0.480 e. The minimum absolute atomic E-state index is 0.218. The number of nitrogens with one attached hydrogen (secondary N) is 1. The number of aliphatic carboxylic acids is 1. The van der Waals surface area contributed by atoms with E-state index in [4.69, 9.17) is 5.11 Å². The molecule has 0 heterocycles. The van der Waals surface area contributed by atoms with Crippen LogP contribution in [0.3, 0.4) is 0 Å². The molecule has 0 aliphatic carbocycles. The summed E-state index contributed by atoms with van der Waals surface area (Å²) in [6.07, 6.45) is -0.699. The topological polar surface area (TPSA) is 75.6 Å². The second kappa shape index (κ2) is 8.42. The predicted molar refractivity (Wildman–Crippen MR) is 74.2 cm³/mol. The van der Waals surface area contributed by atoms with E-state index < -0.39 is 18.1 Å². The third kappa shape index (κ3) is 6.15. The molecule has 1 amide bonds. The summed E-state index contributed by atoms with van der Waals surface area (Å²) in [5.41, 5.74) is 1.12. The molecule has 0 aliphatic rings. The standard InChI is InChI=1S/C13H17NO4S/c1-2-18-13(17)14-11(12(15)16)9-19-8-10-6-4-3-5-7-10/h3-7,11H,2,8-9H2,1H3,(H,14,17)(H,15,16). The number of carbonyl (C=O) groups excluding carboxylic acids is 1. The maximum absolute atomic E-state index is 11.2. The first-order valence-electron chi connectivity index (χ1n) is 5.91. The lowest BCUT2D eigenvalue weighted by Crippen LogP contribution is -2.42. The fourth-order valence-electron chi connectivity index (χ4n) is 1.36. The van der Waals surface area contributed by atoms with Gasteiger partial charge in [-0.15, -0.1) is 0 Å². The summed E-state index contributed by atoms with van der Waals surface area (Å²) < 4.78 is 4.66. The third-order valence-electron chi connectivity index (χ3n) is 2.26. The van der Waals surface area contributed by atoms with Crippen LogP contribution in [-0.4, -0.2) is 35.6 Å². The van der Waals surface area contributed by atoms with E-state index in [0.29, 0.717) is 11.5 Å². The van der Waals surface area contributed by atoms with Crippen LogP contribution in [0.15, 0.2) is 30.3 Å². The molecule has 0 saturated carbocycles. The number of carboxylic acids is 1. The van der Waals surface area contributed by atoms with E-state index in [0.717, 1.165) is 5.56 Å². The van der Waals surface area contributed by atoms with Crippen LogP contribution in [0.4, 0.5) is 4.79 Å². The van der Waals surface area contributed by atoms with Crippen LogP contribution in [0.2, 0.25) is 0 Å². The molecule has 0 fully saturated rings. The molecule has 0 saturated heterocycles. The Hall–Kier alpha value is -1.69. The molecule has 0 bridgehead atoms. The fourth-order valence-corrected chi connectivity index (χ4v) is 2.37. The molecule has 0 spiro atoms. The number of benzene rings is 1. The van der Waals surface area contributed by atoms with Gasteiger partial charge in [0, 0.05) is 11.5 Å².